The monoisotopic (exact) mass is 477 g/mol. The summed E-state index contributed by atoms with van der Waals surface area (Å²) in [6.45, 7) is 1.52. The van der Waals surface area contributed by atoms with Crippen LogP contribution >= 0.6 is 11.6 Å². The number of benzene rings is 2. The Kier molecular flexibility index (Phi) is 6.36. The number of amides is 4. The van der Waals surface area contributed by atoms with Gasteiger partial charge in [-0.1, -0.05) is 29.8 Å². The molecule has 2 aromatic carbocycles. The quantitative estimate of drug-likeness (QED) is 0.319. The van der Waals surface area contributed by atoms with Crippen LogP contribution in [0.2, 0.25) is 5.02 Å². The molecule has 0 bridgehead atoms. The van der Waals surface area contributed by atoms with Crippen molar-refractivity contribution in [1.82, 2.24) is 20.5 Å². The van der Waals surface area contributed by atoms with Crippen LogP contribution in [0.1, 0.15) is 28.3 Å². The fraction of sp³-hybridized carbons (Fsp3) is 0.167. The second-order valence-electron chi connectivity index (χ2n) is 7.65. The number of aromatic nitrogens is 1. The van der Waals surface area contributed by atoms with Gasteiger partial charge >= 0.3 is 6.03 Å². The number of rotatable bonds is 6. The Bertz CT molecular complexity index is 1370. The number of urea groups is 1. The lowest BCUT2D eigenvalue weighted by molar-refractivity contribution is -0.133. The van der Waals surface area contributed by atoms with Crippen LogP contribution in [0.15, 0.2) is 48.3 Å². The molecule has 1 aliphatic heterocycles. The summed E-state index contributed by atoms with van der Waals surface area (Å²) in [6, 6.07) is 9.51. The fourth-order valence-electron chi connectivity index (χ4n) is 3.83. The van der Waals surface area contributed by atoms with Gasteiger partial charge in [0, 0.05) is 28.7 Å². The Balaban J connectivity index is 1.72. The summed E-state index contributed by atoms with van der Waals surface area (Å²) in [6.07, 6.45) is 3.24. The van der Waals surface area contributed by atoms with E-state index >= 15 is 0 Å². The van der Waals surface area contributed by atoms with Crippen LogP contribution in [0.4, 0.5) is 4.79 Å². The normalized spacial score (nSPS) is 15.5. The summed E-state index contributed by atoms with van der Waals surface area (Å²) >= 11 is 6.18. The van der Waals surface area contributed by atoms with Crippen molar-refractivity contribution in [3.63, 3.8) is 0 Å². The van der Waals surface area contributed by atoms with Gasteiger partial charge in [0.05, 0.1) is 23.8 Å². The molecule has 4 rings (SSSR count). The molecule has 1 aromatic heterocycles. The molecule has 1 atom stereocenters. The van der Waals surface area contributed by atoms with Gasteiger partial charge in [0.2, 0.25) is 5.91 Å². The van der Waals surface area contributed by atoms with E-state index in [4.69, 9.17) is 22.0 Å². The predicted octanol–water partition coefficient (Wildman–Crippen LogP) is 2.74. The zero-order chi connectivity index (χ0) is 24.4. The molecular formula is C24H20ClN5O4. The first-order chi connectivity index (χ1) is 16.3. The van der Waals surface area contributed by atoms with Crippen LogP contribution in [-0.2, 0) is 9.59 Å². The van der Waals surface area contributed by atoms with Gasteiger partial charge in [-0.3, -0.25) is 9.59 Å². The SMILES string of the molecule is Cc1c(Cl)ccc2c(C=C3NC(=O)N(C(C(=O)NCCO)c4ccc(C#N)cc4)C3=O)c[nH]c12. The minimum atomic E-state index is -1.29. The highest BCUT2D eigenvalue weighted by molar-refractivity contribution is 6.32. The van der Waals surface area contributed by atoms with Gasteiger partial charge in [0.1, 0.15) is 11.7 Å². The molecule has 0 aliphatic carbocycles. The highest BCUT2D eigenvalue weighted by atomic mass is 35.5. The van der Waals surface area contributed by atoms with Crippen molar-refractivity contribution in [3.05, 3.63) is 75.6 Å². The third kappa shape index (κ3) is 4.12. The van der Waals surface area contributed by atoms with E-state index in [1.165, 1.54) is 30.3 Å². The average molecular weight is 478 g/mol. The van der Waals surface area contributed by atoms with Crippen LogP contribution in [0.5, 0.6) is 0 Å². The second-order valence-corrected chi connectivity index (χ2v) is 8.06. The number of nitrogens with zero attached hydrogens (tertiary/aromatic N) is 2. The number of aryl methyl sites for hydroxylation is 1. The number of aromatic amines is 1. The summed E-state index contributed by atoms with van der Waals surface area (Å²) in [7, 11) is 0. The van der Waals surface area contributed by atoms with E-state index in [0.717, 1.165) is 21.4 Å². The predicted molar refractivity (Wildman–Crippen MR) is 125 cm³/mol. The highest BCUT2D eigenvalue weighted by Gasteiger charge is 2.42. The summed E-state index contributed by atoms with van der Waals surface area (Å²) in [5.74, 6) is -1.32. The number of aliphatic hydroxyl groups is 1. The fourth-order valence-corrected chi connectivity index (χ4v) is 3.99. The molecule has 3 aromatic rings. The van der Waals surface area contributed by atoms with Crippen LogP contribution in [-0.4, -0.2) is 46.0 Å². The van der Waals surface area contributed by atoms with Crippen LogP contribution in [0.25, 0.3) is 17.0 Å². The molecule has 1 aliphatic rings. The van der Waals surface area contributed by atoms with Crippen molar-refractivity contribution in [1.29, 1.82) is 5.26 Å². The van der Waals surface area contributed by atoms with Gasteiger partial charge in [0.25, 0.3) is 5.91 Å². The van der Waals surface area contributed by atoms with E-state index in [0.29, 0.717) is 21.7 Å². The van der Waals surface area contributed by atoms with Crippen molar-refractivity contribution in [2.45, 2.75) is 13.0 Å². The number of hydrogen-bond donors (Lipinski definition) is 4. The van der Waals surface area contributed by atoms with Crippen molar-refractivity contribution in [3.8, 4) is 6.07 Å². The Hall–Kier alpha value is -4.13. The van der Waals surface area contributed by atoms with Crippen molar-refractivity contribution in [2.24, 2.45) is 0 Å². The van der Waals surface area contributed by atoms with E-state index in [2.05, 4.69) is 15.6 Å². The second kappa shape index (κ2) is 9.39. The molecule has 2 heterocycles. The van der Waals surface area contributed by atoms with E-state index in [-0.39, 0.29) is 18.8 Å². The van der Waals surface area contributed by atoms with Gasteiger partial charge in [-0.15, -0.1) is 0 Å². The van der Waals surface area contributed by atoms with E-state index in [9.17, 15) is 14.4 Å². The number of H-pyrrole nitrogens is 1. The van der Waals surface area contributed by atoms with Gasteiger partial charge in [-0.2, -0.15) is 5.26 Å². The lowest BCUT2D eigenvalue weighted by Crippen LogP contribution is -2.44. The Morgan fingerprint density at radius 3 is 2.68 bits per heavy atom. The van der Waals surface area contributed by atoms with Crippen molar-refractivity contribution >= 4 is 46.4 Å². The van der Waals surface area contributed by atoms with E-state index in [1.54, 1.807) is 12.3 Å². The van der Waals surface area contributed by atoms with Crippen molar-refractivity contribution in [2.75, 3.05) is 13.2 Å². The zero-order valence-corrected chi connectivity index (χ0v) is 18.8. The minimum Gasteiger partial charge on any atom is -0.395 e. The number of carbonyl (C=O) groups excluding carboxylic acids is 3. The molecule has 172 valence electrons. The topological polar surface area (TPSA) is 138 Å². The standard InChI is InChI=1S/C24H20ClN5O4/c1-13-18(25)7-6-17-16(12-28-20(13)17)10-19-23(33)30(24(34)29-19)21(22(32)27-8-9-31)15-4-2-14(11-26)3-5-15/h2-7,10,12,21,28,31H,8-9H2,1H3,(H,27,32)(H,29,34). The molecule has 4 N–H and O–H groups in total. The smallest absolute Gasteiger partial charge is 0.330 e. The third-order valence-electron chi connectivity index (χ3n) is 5.56. The lowest BCUT2D eigenvalue weighted by Gasteiger charge is -2.24. The van der Waals surface area contributed by atoms with Crippen LogP contribution in [0.3, 0.4) is 0 Å². The summed E-state index contributed by atoms with van der Waals surface area (Å²) < 4.78 is 0. The minimum absolute atomic E-state index is 0.00658. The number of imide groups is 1. The average Bonchev–Trinajstić information content (AvgIpc) is 3.37. The molecule has 0 radical (unpaired) electrons. The van der Waals surface area contributed by atoms with Crippen LogP contribution < -0.4 is 10.6 Å². The summed E-state index contributed by atoms with van der Waals surface area (Å²) in [5.41, 5.74) is 3.05. The first kappa shape index (κ1) is 23.0. The summed E-state index contributed by atoms with van der Waals surface area (Å²) in [5, 5.41) is 24.6. The van der Waals surface area contributed by atoms with Crippen LogP contribution in [0, 0.1) is 18.3 Å². The third-order valence-corrected chi connectivity index (χ3v) is 5.97. The highest BCUT2D eigenvalue weighted by Crippen LogP contribution is 2.31. The zero-order valence-electron chi connectivity index (χ0n) is 18.1. The maximum Gasteiger partial charge on any atom is 0.330 e. The molecule has 0 spiro atoms. The Morgan fingerprint density at radius 2 is 2.00 bits per heavy atom. The number of hydrogen-bond acceptors (Lipinski definition) is 5. The van der Waals surface area contributed by atoms with Gasteiger partial charge in [-0.25, -0.2) is 9.69 Å². The largest absolute Gasteiger partial charge is 0.395 e. The molecule has 0 saturated carbocycles. The number of aliphatic hydroxyl groups excluding tert-OH is 1. The number of nitriles is 1. The first-order valence-corrected chi connectivity index (χ1v) is 10.7. The Morgan fingerprint density at radius 1 is 1.26 bits per heavy atom. The number of fused-ring (bicyclic) bond motifs is 1. The molecular weight excluding hydrogens is 458 g/mol. The maximum absolute atomic E-state index is 13.3. The molecule has 34 heavy (non-hydrogen) atoms. The van der Waals surface area contributed by atoms with E-state index in [1.807, 2.05) is 19.1 Å². The molecule has 1 saturated heterocycles. The van der Waals surface area contributed by atoms with E-state index < -0.39 is 23.9 Å². The molecule has 10 heteroatoms. The molecule has 9 nitrogen and oxygen atoms in total. The van der Waals surface area contributed by atoms with Gasteiger partial charge in [0.15, 0.2) is 0 Å². The lowest BCUT2D eigenvalue weighted by atomic mass is 10.0. The van der Waals surface area contributed by atoms with Gasteiger partial charge < -0.3 is 20.7 Å². The first-order valence-electron chi connectivity index (χ1n) is 10.4. The molecule has 4 amide bonds. The van der Waals surface area contributed by atoms with Crippen molar-refractivity contribution < 1.29 is 19.5 Å². The molecule has 1 unspecified atom stereocenters. The maximum atomic E-state index is 13.3. The Labute approximate surface area is 199 Å². The van der Waals surface area contributed by atoms with Gasteiger partial charge in [-0.05, 0) is 42.3 Å². The number of nitrogens with one attached hydrogen (secondary N) is 3. The number of carbonyl (C=O) groups is 3. The summed E-state index contributed by atoms with van der Waals surface area (Å²) in [4.78, 5) is 43.0. The number of halogens is 1. The molecule has 1 fully saturated rings.